The summed E-state index contributed by atoms with van der Waals surface area (Å²) in [4.78, 5) is 12.3. The van der Waals surface area contributed by atoms with Crippen molar-refractivity contribution < 1.29 is 9.53 Å². The van der Waals surface area contributed by atoms with E-state index in [1.807, 2.05) is 44.4 Å². The summed E-state index contributed by atoms with van der Waals surface area (Å²) in [5.41, 5.74) is 2.77. The maximum absolute atomic E-state index is 12.3. The molecule has 0 saturated heterocycles. The molecule has 0 unspecified atom stereocenters. The Hall–Kier alpha value is -2.10. The molecule has 20 heavy (non-hydrogen) atoms. The summed E-state index contributed by atoms with van der Waals surface area (Å²) in [6, 6.07) is 7.83. The Kier molecular flexibility index (Phi) is 4.56. The van der Waals surface area contributed by atoms with Crippen molar-refractivity contribution in [3.63, 3.8) is 0 Å². The zero-order valence-electron chi connectivity index (χ0n) is 12.2. The lowest BCUT2D eigenvalue weighted by Crippen LogP contribution is -2.03. The first-order valence-corrected chi connectivity index (χ1v) is 6.82. The van der Waals surface area contributed by atoms with E-state index in [1.54, 1.807) is 11.8 Å². The molecule has 0 saturated carbocycles. The molecular weight excluding hydrogens is 252 g/mol. The van der Waals surface area contributed by atoms with Crippen molar-refractivity contribution in [3.05, 3.63) is 47.3 Å². The average molecular weight is 272 g/mol. The van der Waals surface area contributed by atoms with Crippen molar-refractivity contribution in [3.8, 4) is 5.75 Å². The van der Waals surface area contributed by atoms with Crippen molar-refractivity contribution >= 4 is 5.78 Å². The number of carbonyl (C=O) groups is 1. The van der Waals surface area contributed by atoms with Crippen LogP contribution in [-0.2, 0) is 19.9 Å². The summed E-state index contributed by atoms with van der Waals surface area (Å²) < 4.78 is 6.83. The van der Waals surface area contributed by atoms with Gasteiger partial charge in [-0.15, -0.1) is 0 Å². The molecule has 4 nitrogen and oxygen atoms in total. The highest BCUT2D eigenvalue weighted by atomic mass is 16.5. The van der Waals surface area contributed by atoms with E-state index in [9.17, 15) is 4.79 Å². The van der Waals surface area contributed by atoms with Crippen LogP contribution in [0.15, 0.2) is 30.5 Å². The number of aromatic nitrogens is 2. The van der Waals surface area contributed by atoms with E-state index >= 15 is 0 Å². The maximum Gasteiger partial charge on any atom is 0.166 e. The van der Waals surface area contributed by atoms with Crippen LogP contribution in [0.25, 0.3) is 0 Å². The van der Waals surface area contributed by atoms with Gasteiger partial charge in [-0.05, 0) is 30.5 Å². The van der Waals surface area contributed by atoms with Crippen LogP contribution < -0.4 is 4.74 Å². The van der Waals surface area contributed by atoms with Gasteiger partial charge in [-0.2, -0.15) is 5.10 Å². The molecule has 0 amide bonds. The molecule has 0 aliphatic carbocycles. The number of nitrogens with zero attached hydrogens (tertiary/aromatic N) is 2. The van der Waals surface area contributed by atoms with Crippen LogP contribution in [0, 0.1) is 0 Å². The number of hydrogen-bond donors (Lipinski definition) is 0. The zero-order chi connectivity index (χ0) is 14.5. The Morgan fingerprint density at radius 2 is 2.00 bits per heavy atom. The van der Waals surface area contributed by atoms with Crippen LogP contribution in [0.3, 0.4) is 0 Å². The minimum absolute atomic E-state index is 0.158. The van der Waals surface area contributed by atoms with Gasteiger partial charge in [0.1, 0.15) is 5.75 Å². The molecule has 0 atom stereocenters. The van der Waals surface area contributed by atoms with Crippen molar-refractivity contribution in [1.29, 1.82) is 0 Å². The third-order valence-electron chi connectivity index (χ3n) is 3.34. The minimum Gasteiger partial charge on any atom is -0.497 e. The number of ether oxygens (including phenoxy) is 1. The van der Waals surface area contributed by atoms with E-state index in [0.717, 1.165) is 35.4 Å². The fraction of sp³-hybridized carbons (Fsp3) is 0.375. The number of carbonyl (C=O) groups excluding carboxylic acids is 1. The number of benzene rings is 1. The monoisotopic (exact) mass is 272 g/mol. The van der Waals surface area contributed by atoms with E-state index in [4.69, 9.17) is 4.74 Å². The topological polar surface area (TPSA) is 44.1 Å². The van der Waals surface area contributed by atoms with Crippen molar-refractivity contribution in [1.82, 2.24) is 9.78 Å². The Balaban J connectivity index is 2.00. The molecule has 0 aliphatic heterocycles. The number of ketones is 1. The number of methoxy groups -OCH3 is 1. The van der Waals surface area contributed by atoms with Crippen LogP contribution in [-0.4, -0.2) is 22.7 Å². The molecule has 0 spiro atoms. The Morgan fingerprint density at radius 3 is 2.60 bits per heavy atom. The number of rotatable bonds is 6. The van der Waals surface area contributed by atoms with Gasteiger partial charge < -0.3 is 4.74 Å². The van der Waals surface area contributed by atoms with E-state index in [-0.39, 0.29) is 5.78 Å². The average Bonchev–Trinajstić information content (AvgIpc) is 2.86. The number of Topliss-reactive ketones (excluding diaryl/α,β-unsaturated/α-hetero) is 1. The quantitative estimate of drug-likeness (QED) is 0.759. The summed E-state index contributed by atoms with van der Waals surface area (Å²) in [7, 11) is 3.49. The molecule has 2 aromatic rings. The van der Waals surface area contributed by atoms with Gasteiger partial charge in [0.2, 0.25) is 0 Å². The van der Waals surface area contributed by atoms with Gasteiger partial charge in [0, 0.05) is 19.7 Å². The summed E-state index contributed by atoms with van der Waals surface area (Å²) in [5, 5.41) is 4.31. The van der Waals surface area contributed by atoms with Gasteiger partial charge in [0.15, 0.2) is 5.78 Å². The number of hydrogen-bond acceptors (Lipinski definition) is 3. The van der Waals surface area contributed by atoms with Crippen LogP contribution in [0.2, 0.25) is 0 Å². The van der Waals surface area contributed by atoms with Gasteiger partial charge in [-0.1, -0.05) is 19.1 Å². The molecule has 0 fully saturated rings. The molecule has 106 valence electrons. The first kappa shape index (κ1) is 14.3. The molecule has 4 heteroatoms. The minimum atomic E-state index is 0.158. The Morgan fingerprint density at radius 1 is 1.30 bits per heavy atom. The Bertz CT molecular complexity index is 585. The van der Waals surface area contributed by atoms with Crippen LogP contribution in [0.4, 0.5) is 0 Å². The van der Waals surface area contributed by atoms with E-state index in [0.29, 0.717) is 6.42 Å². The standard InChI is InChI=1S/C16H20N2O2/c1-4-15-14(11-18(2)17-15)16(19)10-7-12-5-8-13(20-3)9-6-12/h5-6,8-9,11H,4,7,10H2,1-3H3. The molecule has 1 heterocycles. The largest absolute Gasteiger partial charge is 0.497 e. The first-order chi connectivity index (χ1) is 9.63. The molecule has 0 aliphatic rings. The van der Waals surface area contributed by atoms with Crippen molar-refractivity contribution in [2.75, 3.05) is 7.11 Å². The van der Waals surface area contributed by atoms with Crippen LogP contribution in [0.5, 0.6) is 5.75 Å². The Labute approximate surface area is 119 Å². The fourth-order valence-electron chi connectivity index (χ4n) is 2.21. The molecule has 1 aromatic heterocycles. The lowest BCUT2D eigenvalue weighted by molar-refractivity contribution is 0.0982. The molecule has 1 aromatic carbocycles. The summed E-state index contributed by atoms with van der Waals surface area (Å²) in [6.45, 7) is 2.02. The smallest absolute Gasteiger partial charge is 0.166 e. The first-order valence-electron chi connectivity index (χ1n) is 6.82. The van der Waals surface area contributed by atoms with E-state index in [1.165, 1.54) is 0 Å². The SMILES string of the molecule is CCc1nn(C)cc1C(=O)CCc1ccc(OC)cc1. The fourth-order valence-corrected chi connectivity index (χ4v) is 2.21. The van der Waals surface area contributed by atoms with Crippen molar-refractivity contribution in [2.24, 2.45) is 7.05 Å². The summed E-state index contributed by atoms with van der Waals surface area (Å²) in [6.07, 6.45) is 3.84. The van der Waals surface area contributed by atoms with Crippen molar-refractivity contribution in [2.45, 2.75) is 26.2 Å². The number of aryl methyl sites for hydroxylation is 3. The predicted molar refractivity (Wildman–Crippen MR) is 78.2 cm³/mol. The summed E-state index contributed by atoms with van der Waals surface area (Å²) in [5.74, 6) is 0.992. The second-order valence-corrected chi connectivity index (χ2v) is 4.79. The lowest BCUT2D eigenvalue weighted by Gasteiger charge is -2.03. The van der Waals surface area contributed by atoms with Gasteiger partial charge in [0.05, 0.1) is 18.4 Å². The molecule has 0 bridgehead atoms. The van der Waals surface area contributed by atoms with Gasteiger partial charge in [-0.25, -0.2) is 0 Å². The highest BCUT2D eigenvalue weighted by Gasteiger charge is 2.14. The second kappa shape index (κ2) is 6.37. The van der Waals surface area contributed by atoms with Gasteiger partial charge >= 0.3 is 0 Å². The third kappa shape index (κ3) is 3.26. The lowest BCUT2D eigenvalue weighted by atomic mass is 10.0. The second-order valence-electron chi connectivity index (χ2n) is 4.79. The summed E-state index contributed by atoms with van der Waals surface area (Å²) >= 11 is 0. The highest BCUT2D eigenvalue weighted by Crippen LogP contribution is 2.15. The van der Waals surface area contributed by atoms with Gasteiger partial charge in [0.25, 0.3) is 0 Å². The predicted octanol–water partition coefficient (Wildman–Crippen LogP) is 2.81. The maximum atomic E-state index is 12.3. The third-order valence-corrected chi connectivity index (χ3v) is 3.34. The molecule has 2 rings (SSSR count). The molecule has 0 radical (unpaired) electrons. The zero-order valence-corrected chi connectivity index (χ0v) is 12.2. The van der Waals surface area contributed by atoms with E-state index < -0.39 is 0 Å². The van der Waals surface area contributed by atoms with Crippen LogP contribution >= 0.6 is 0 Å². The normalized spacial score (nSPS) is 10.6. The van der Waals surface area contributed by atoms with E-state index in [2.05, 4.69) is 5.10 Å². The molecular formula is C16H20N2O2. The van der Waals surface area contributed by atoms with Crippen LogP contribution in [0.1, 0.15) is 35.0 Å². The highest BCUT2D eigenvalue weighted by molar-refractivity contribution is 5.97. The van der Waals surface area contributed by atoms with Gasteiger partial charge in [-0.3, -0.25) is 9.48 Å². The molecule has 0 N–H and O–H groups in total.